The number of sulfone groups is 1. The van der Waals surface area contributed by atoms with Gasteiger partial charge in [0.2, 0.25) is 0 Å². The molecule has 1 aliphatic heterocycles. The summed E-state index contributed by atoms with van der Waals surface area (Å²) < 4.78 is 26.1. The van der Waals surface area contributed by atoms with E-state index in [1.807, 2.05) is 13.0 Å². The van der Waals surface area contributed by atoms with E-state index in [0.717, 1.165) is 34.2 Å². The van der Waals surface area contributed by atoms with Crippen LogP contribution in [-0.4, -0.2) is 30.3 Å². The lowest BCUT2D eigenvalue weighted by Gasteiger charge is -2.13. The molecule has 1 aliphatic rings. The molecule has 2 unspecified atom stereocenters. The van der Waals surface area contributed by atoms with Gasteiger partial charge in [-0.05, 0) is 37.1 Å². The lowest BCUT2D eigenvalue weighted by Crippen LogP contribution is -2.17. The molecule has 2 atom stereocenters. The maximum atomic E-state index is 12.0. The normalized spacial score (nSPS) is 18.5. The van der Waals surface area contributed by atoms with Crippen molar-refractivity contribution in [3.8, 4) is 0 Å². The molecule has 0 saturated carbocycles. The molecule has 2 aromatic rings. The summed E-state index contributed by atoms with van der Waals surface area (Å²) in [5.41, 5.74) is 3.40. The lowest BCUT2D eigenvalue weighted by molar-refractivity contribution is -0.141. The molecule has 0 radical (unpaired) electrons. The summed E-state index contributed by atoms with van der Waals surface area (Å²) in [6.45, 7) is 8.24. The first kappa shape index (κ1) is 16.8. The fraction of sp³-hybridized carbons (Fsp3) is 0.389. The van der Waals surface area contributed by atoms with Crippen molar-refractivity contribution >= 4 is 32.3 Å². The molecule has 0 saturated heterocycles. The maximum absolute atomic E-state index is 12.0. The third-order valence-corrected chi connectivity index (χ3v) is 6.04. The Hall–Kier alpha value is -2.08. The van der Waals surface area contributed by atoms with Gasteiger partial charge in [-0.3, -0.25) is 4.79 Å². The Balaban J connectivity index is 2.29. The second-order valence-corrected chi connectivity index (χ2v) is 8.71. The van der Waals surface area contributed by atoms with Crippen LogP contribution in [0.2, 0.25) is 0 Å². The molecule has 0 aliphatic carbocycles. The van der Waals surface area contributed by atoms with Gasteiger partial charge in [0.05, 0.1) is 16.3 Å². The molecule has 2 heterocycles. The molecule has 24 heavy (non-hydrogen) atoms. The number of carbonyl (C=O) groups is 1. The molecule has 3 rings (SSSR count). The number of rotatable bonds is 4. The maximum Gasteiger partial charge on any atom is 0.306 e. The number of hydrogen-bond acceptors (Lipinski definition) is 3. The second kappa shape index (κ2) is 5.48. The van der Waals surface area contributed by atoms with Crippen LogP contribution in [0, 0.1) is 5.92 Å². The summed E-state index contributed by atoms with van der Waals surface area (Å²) in [4.78, 5) is 11.6. The van der Waals surface area contributed by atoms with Crippen LogP contribution >= 0.6 is 0 Å². The number of carboxylic acid groups (broad SMARTS) is 1. The number of aromatic nitrogens is 1. The Kier molecular flexibility index (Phi) is 3.83. The van der Waals surface area contributed by atoms with E-state index in [-0.39, 0.29) is 10.8 Å². The lowest BCUT2D eigenvalue weighted by atomic mass is 9.90. The first-order valence-corrected chi connectivity index (χ1v) is 9.76. The van der Waals surface area contributed by atoms with Gasteiger partial charge in [0, 0.05) is 29.8 Å². The number of allylic oxidation sites excluding steroid dienone is 1. The molecule has 6 heteroatoms. The van der Waals surface area contributed by atoms with E-state index in [1.165, 1.54) is 6.26 Å². The fourth-order valence-electron chi connectivity index (χ4n) is 3.57. The highest BCUT2D eigenvalue weighted by Gasteiger charge is 2.33. The molecule has 1 N–H and O–H groups in total. The topological polar surface area (TPSA) is 76.4 Å². The highest BCUT2D eigenvalue weighted by molar-refractivity contribution is 7.90. The number of nitrogens with zero attached hydrogens (tertiary/aromatic N) is 1. The number of carboxylic acids is 1. The van der Waals surface area contributed by atoms with Crippen molar-refractivity contribution in [1.29, 1.82) is 0 Å². The average Bonchev–Trinajstić information content (AvgIpc) is 3.02. The standard InChI is InChI=1S/C18H21NO4S/c1-10(2)14-7-12(24(4,22)23)8-16-15(14)9-17-13(5-6-19(16)17)11(3)18(20)21/h7-9,11,13H,1,5-6H2,2-4H3,(H,20,21). The summed E-state index contributed by atoms with van der Waals surface area (Å²) in [6, 6.07) is 5.35. The summed E-state index contributed by atoms with van der Waals surface area (Å²) in [6.07, 6.45) is 1.95. The minimum absolute atomic E-state index is 0.0606. The van der Waals surface area contributed by atoms with Gasteiger partial charge in [0.1, 0.15) is 0 Å². The predicted molar refractivity (Wildman–Crippen MR) is 93.9 cm³/mol. The van der Waals surface area contributed by atoms with E-state index in [4.69, 9.17) is 0 Å². The van der Waals surface area contributed by atoms with E-state index < -0.39 is 21.7 Å². The summed E-state index contributed by atoms with van der Waals surface area (Å²) in [7, 11) is -3.34. The minimum Gasteiger partial charge on any atom is -0.481 e. The minimum atomic E-state index is -3.34. The molecule has 1 aromatic heterocycles. The van der Waals surface area contributed by atoms with E-state index >= 15 is 0 Å². The Morgan fingerprint density at radius 3 is 2.58 bits per heavy atom. The first-order valence-electron chi connectivity index (χ1n) is 7.87. The van der Waals surface area contributed by atoms with Gasteiger partial charge in [-0.25, -0.2) is 8.42 Å². The van der Waals surface area contributed by atoms with Crippen molar-refractivity contribution in [2.75, 3.05) is 6.26 Å². The summed E-state index contributed by atoms with van der Waals surface area (Å²) in [5, 5.41) is 10.3. The van der Waals surface area contributed by atoms with Gasteiger partial charge in [0.15, 0.2) is 9.84 Å². The Bertz CT molecular complexity index is 969. The summed E-state index contributed by atoms with van der Waals surface area (Å²) in [5.74, 6) is -1.34. The van der Waals surface area contributed by atoms with Gasteiger partial charge in [-0.2, -0.15) is 0 Å². The Morgan fingerprint density at radius 1 is 1.38 bits per heavy atom. The monoisotopic (exact) mass is 347 g/mol. The van der Waals surface area contributed by atoms with Crippen molar-refractivity contribution in [3.63, 3.8) is 0 Å². The van der Waals surface area contributed by atoms with Crippen LogP contribution in [0.4, 0.5) is 0 Å². The Labute approximate surface area is 141 Å². The molecule has 5 nitrogen and oxygen atoms in total. The number of hydrogen-bond donors (Lipinski definition) is 1. The summed E-state index contributed by atoms with van der Waals surface area (Å²) >= 11 is 0. The van der Waals surface area contributed by atoms with Crippen molar-refractivity contribution in [1.82, 2.24) is 4.57 Å². The molecular formula is C18H21NO4S. The average molecular weight is 347 g/mol. The zero-order valence-corrected chi connectivity index (χ0v) is 14.9. The van der Waals surface area contributed by atoms with Gasteiger partial charge < -0.3 is 9.67 Å². The number of aryl methyl sites for hydroxylation is 1. The zero-order valence-electron chi connectivity index (χ0n) is 14.0. The van der Waals surface area contributed by atoms with Crippen molar-refractivity contribution in [2.24, 2.45) is 5.92 Å². The largest absolute Gasteiger partial charge is 0.481 e. The number of fused-ring (bicyclic) bond motifs is 3. The zero-order chi connectivity index (χ0) is 17.8. The highest BCUT2D eigenvalue weighted by Crippen LogP contribution is 2.41. The van der Waals surface area contributed by atoms with E-state index in [9.17, 15) is 18.3 Å². The van der Waals surface area contributed by atoms with Crippen molar-refractivity contribution < 1.29 is 18.3 Å². The van der Waals surface area contributed by atoms with Crippen LogP contribution in [0.1, 0.15) is 37.4 Å². The van der Waals surface area contributed by atoms with Gasteiger partial charge >= 0.3 is 5.97 Å². The third-order valence-electron chi connectivity index (χ3n) is 4.95. The molecule has 128 valence electrons. The van der Waals surface area contributed by atoms with Crippen molar-refractivity contribution in [2.45, 2.75) is 37.6 Å². The van der Waals surface area contributed by atoms with Gasteiger partial charge in [0.25, 0.3) is 0 Å². The van der Waals surface area contributed by atoms with Crippen LogP contribution in [0.3, 0.4) is 0 Å². The van der Waals surface area contributed by atoms with Crippen LogP contribution in [0.25, 0.3) is 16.5 Å². The molecular weight excluding hydrogens is 326 g/mol. The van der Waals surface area contributed by atoms with E-state index in [2.05, 4.69) is 11.1 Å². The van der Waals surface area contributed by atoms with Gasteiger partial charge in [-0.15, -0.1) is 0 Å². The quantitative estimate of drug-likeness (QED) is 0.921. The molecule has 0 amide bonds. The number of benzene rings is 1. The van der Waals surface area contributed by atoms with Crippen LogP contribution in [-0.2, 0) is 21.2 Å². The van der Waals surface area contributed by atoms with Crippen molar-refractivity contribution in [3.05, 3.63) is 36.0 Å². The highest BCUT2D eigenvalue weighted by atomic mass is 32.2. The van der Waals surface area contributed by atoms with Gasteiger partial charge in [-0.1, -0.05) is 19.1 Å². The molecule has 0 fully saturated rings. The SMILES string of the molecule is C=C(C)c1cc(S(C)(=O)=O)cc2c1cc1n2CCC1C(C)C(=O)O. The first-order chi connectivity index (χ1) is 11.1. The fourth-order valence-corrected chi connectivity index (χ4v) is 4.23. The molecule has 0 spiro atoms. The van der Waals surface area contributed by atoms with Crippen LogP contribution in [0.5, 0.6) is 0 Å². The Morgan fingerprint density at radius 2 is 2.04 bits per heavy atom. The third kappa shape index (κ3) is 2.55. The molecule has 1 aromatic carbocycles. The predicted octanol–water partition coefficient (Wildman–Crippen LogP) is 3.29. The van der Waals surface area contributed by atoms with E-state index in [1.54, 1.807) is 19.1 Å². The number of aliphatic carboxylic acids is 1. The van der Waals surface area contributed by atoms with Crippen LogP contribution in [0.15, 0.2) is 29.7 Å². The van der Waals surface area contributed by atoms with E-state index in [0.29, 0.717) is 6.54 Å². The molecule has 0 bridgehead atoms. The van der Waals surface area contributed by atoms with Crippen LogP contribution < -0.4 is 0 Å². The second-order valence-electron chi connectivity index (χ2n) is 6.70. The smallest absolute Gasteiger partial charge is 0.306 e.